The molecule has 0 spiro atoms. The van der Waals surface area contributed by atoms with E-state index in [1.165, 1.54) is 18.5 Å². The van der Waals surface area contributed by atoms with Crippen molar-refractivity contribution in [2.24, 2.45) is 5.73 Å². The number of hydrogen-bond acceptors (Lipinski definition) is 3. The fourth-order valence-corrected chi connectivity index (χ4v) is 3.16. The molecule has 0 aliphatic carbocycles. The summed E-state index contributed by atoms with van der Waals surface area (Å²) in [7, 11) is 4.28. The predicted octanol–water partition coefficient (Wildman–Crippen LogP) is 2.26. The van der Waals surface area contributed by atoms with Gasteiger partial charge in [0.1, 0.15) is 5.84 Å². The lowest BCUT2D eigenvalue weighted by Crippen LogP contribution is -2.45. The standard InChI is InChI=1S/C14H21BrN4/c1-18(2)11-4-3-7-19(9-11)13-6-5-10(14(16)17)8-12(13)15/h5-6,8,11H,3-4,7,9H2,1-2H3,(H3,16,17). The second-order valence-electron chi connectivity index (χ2n) is 5.29. The summed E-state index contributed by atoms with van der Waals surface area (Å²) in [5.41, 5.74) is 7.47. The zero-order valence-electron chi connectivity index (χ0n) is 11.5. The van der Waals surface area contributed by atoms with E-state index in [0.717, 1.165) is 23.1 Å². The summed E-state index contributed by atoms with van der Waals surface area (Å²) in [6.45, 7) is 2.13. The molecule has 1 unspecified atom stereocenters. The molecular formula is C14H21BrN4. The second-order valence-corrected chi connectivity index (χ2v) is 6.14. The molecule has 1 saturated heterocycles. The molecule has 1 heterocycles. The van der Waals surface area contributed by atoms with Crippen molar-refractivity contribution in [1.82, 2.24) is 4.90 Å². The molecule has 1 aliphatic heterocycles. The molecule has 4 nitrogen and oxygen atoms in total. The smallest absolute Gasteiger partial charge is 0.122 e. The Morgan fingerprint density at radius 3 is 2.79 bits per heavy atom. The Kier molecular flexibility index (Phi) is 4.47. The number of nitrogens with zero attached hydrogens (tertiary/aromatic N) is 2. The Bertz CT molecular complexity index is 473. The van der Waals surface area contributed by atoms with Crippen LogP contribution in [-0.4, -0.2) is 44.0 Å². The van der Waals surface area contributed by atoms with Crippen molar-refractivity contribution in [2.75, 3.05) is 32.1 Å². The minimum atomic E-state index is 0.108. The van der Waals surface area contributed by atoms with Crippen LogP contribution in [0.15, 0.2) is 22.7 Å². The van der Waals surface area contributed by atoms with Gasteiger partial charge in [-0.05, 0) is 61.1 Å². The third kappa shape index (κ3) is 3.28. The van der Waals surface area contributed by atoms with Gasteiger partial charge in [0.25, 0.3) is 0 Å². The normalized spacial score (nSPS) is 19.8. The van der Waals surface area contributed by atoms with Gasteiger partial charge in [-0.1, -0.05) is 0 Å². The van der Waals surface area contributed by atoms with E-state index in [1.54, 1.807) is 0 Å². The first kappa shape index (κ1) is 14.3. The van der Waals surface area contributed by atoms with Gasteiger partial charge >= 0.3 is 0 Å². The average Bonchev–Trinajstić information content (AvgIpc) is 2.38. The molecule has 1 aromatic carbocycles. The van der Waals surface area contributed by atoms with E-state index in [2.05, 4.69) is 45.9 Å². The first-order valence-corrected chi connectivity index (χ1v) is 7.33. The minimum Gasteiger partial charge on any atom is -0.384 e. The first-order valence-electron chi connectivity index (χ1n) is 6.54. The molecule has 1 aromatic rings. The number of nitrogens with one attached hydrogen (secondary N) is 1. The van der Waals surface area contributed by atoms with Crippen molar-refractivity contribution in [3.8, 4) is 0 Å². The van der Waals surface area contributed by atoms with Crippen LogP contribution in [0.2, 0.25) is 0 Å². The van der Waals surface area contributed by atoms with Crippen LogP contribution in [0.5, 0.6) is 0 Å². The number of halogens is 1. The van der Waals surface area contributed by atoms with Gasteiger partial charge in [0.15, 0.2) is 0 Å². The summed E-state index contributed by atoms with van der Waals surface area (Å²) in [5, 5.41) is 7.47. The third-order valence-electron chi connectivity index (χ3n) is 3.73. The summed E-state index contributed by atoms with van der Waals surface area (Å²) < 4.78 is 1.01. The SMILES string of the molecule is CN(C)C1CCCN(c2ccc(C(=N)N)cc2Br)C1. The van der Waals surface area contributed by atoms with Crippen LogP contribution >= 0.6 is 15.9 Å². The zero-order chi connectivity index (χ0) is 14.0. The van der Waals surface area contributed by atoms with Gasteiger partial charge < -0.3 is 15.5 Å². The molecule has 0 bridgehead atoms. The Balaban J connectivity index is 2.19. The quantitative estimate of drug-likeness (QED) is 0.662. The lowest BCUT2D eigenvalue weighted by atomic mass is 10.0. The summed E-state index contributed by atoms with van der Waals surface area (Å²) in [5.74, 6) is 0.108. The van der Waals surface area contributed by atoms with Gasteiger partial charge in [0.2, 0.25) is 0 Å². The highest BCUT2D eigenvalue weighted by atomic mass is 79.9. The number of piperidine rings is 1. The largest absolute Gasteiger partial charge is 0.384 e. The van der Waals surface area contributed by atoms with E-state index in [1.807, 2.05) is 12.1 Å². The van der Waals surface area contributed by atoms with Gasteiger partial charge in [-0.2, -0.15) is 0 Å². The van der Waals surface area contributed by atoms with E-state index in [9.17, 15) is 0 Å². The molecule has 1 fully saturated rings. The molecule has 104 valence electrons. The lowest BCUT2D eigenvalue weighted by molar-refractivity contribution is 0.258. The molecule has 5 heteroatoms. The van der Waals surface area contributed by atoms with Crippen LogP contribution in [0, 0.1) is 5.41 Å². The van der Waals surface area contributed by atoms with Crippen molar-refractivity contribution in [1.29, 1.82) is 5.41 Å². The number of nitrogens with two attached hydrogens (primary N) is 1. The Morgan fingerprint density at radius 2 is 2.21 bits per heavy atom. The first-order chi connectivity index (χ1) is 8.99. The second kappa shape index (κ2) is 5.92. The zero-order valence-corrected chi connectivity index (χ0v) is 13.1. The Morgan fingerprint density at radius 1 is 1.47 bits per heavy atom. The predicted molar refractivity (Wildman–Crippen MR) is 84.1 cm³/mol. The van der Waals surface area contributed by atoms with Crippen LogP contribution in [0.1, 0.15) is 18.4 Å². The fraction of sp³-hybridized carbons (Fsp3) is 0.500. The summed E-state index contributed by atoms with van der Waals surface area (Å²) in [4.78, 5) is 4.70. The minimum absolute atomic E-state index is 0.108. The van der Waals surface area contributed by atoms with E-state index < -0.39 is 0 Å². The number of benzene rings is 1. The molecule has 0 radical (unpaired) electrons. The highest BCUT2D eigenvalue weighted by molar-refractivity contribution is 9.10. The van der Waals surface area contributed by atoms with Crippen LogP contribution in [0.4, 0.5) is 5.69 Å². The molecular weight excluding hydrogens is 304 g/mol. The van der Waals surface area contributed by atoms with Crippen molar-refractivity contribution < 1.29 is 0 Å². The molecule has 3 N–H and O–H groups in total. The van der Waals surface area contributed by atoms with Crippen molar-refractivity contribution in [3.63, 3.8) is 0 Å². The maximum atomic E-state index is 7.47. The molecule has 0 aromatic heterocycles. The maximum absolute atomic E-state index is 7.47. The lowest BCUT2D eigenvalue weighted by Gasteiger charge is -2.38. The van der Waals surface area contributed by atoms with Gasteiger partial charge in [-0.25, -0.2) is 0 Å². The number of rotatable bonds is 3. The highest BCUT2D eigenvalue weighted by Crippen LogP contribution is 2.30. The number of anilines is 1. The van der Waals surface area contributed by atoms with Gasteiger partial charge in [0.05, 0.1) is 5.69 Å². The number of nitrogen functional groups attached to an aromatic ring is 1. The van der Waals surface area contributed by atoms with E-state index in [-0.39, 0.29) is 5.84 Å². The summed E-state index contributed by atoms with van der Waals surface area (Å²) >= 11 is 3.60. The number of hydrogen-bond donors (Lipinski definition) is 2. The molecule has 2 rings (SSSR count). The van der Waals surface area contributed by atoms with E-state index >= 15 is 0 Å². The molecule has 1 atom stereocenters. The van der Waals surface area contributed by atoms with E-state index in [4.69, 9.17) is 11.1 Å². The summed E-state index contributed by atoms with van der Waals surface area (Å²) in [6.07, 6.45) is 2.47. The van der Waals surface area contributed by atoms with Gasteiger partial charge in [0, 0.05) is 29.2 Å². The van der Waals surface area contributed by atoms with Crippen LogP contribution in [-0.2, 0) is 0 Å². The summed E-state index contributed by atoms with van der Waals surface area (Å²) in [6, 6.07) is 6.51. The maximum Gasteiger partial charge on any atom is 0.122 e. The van der Waals surface area contributed by atoms with Gasteiger partial charge in [-0.3, -0.25) is 5.41 Å². The highest BCUT2D eigenvalue weighted by Gasteiger charge is 2.22. The monoisotopic (exact) mass is 324 g/mol. The molecule has 0 amide bonds. The number of amidine groups is 1. The molecule has 0 saturated carbocycles. The Hall–Kier alpha value is -1.07. The van der Waals surface area contributed by atoms with Crippen molar-refractivity contribution in [2.45, 2.75) is 18.9 Å². The van der Waals surface area contributed by atoms with Crippen molar-refractivity contribution >= 4 is 27.5 Å². The van der Waals surface area contributed by atoms with Crippen LogP contribution < -0.4 is 10.6 Å². The van der Waals surface area contributed by atoms with Crippen LogP contribution in [0.25, 0.3) is 0 Å². The fourth-order valence-electron chi connectivity index (χ4n) is 2.53. The van der Waals surface area contributed by atoms with Crippen molar-refractivity contribution in [3.05, 3.63) is 28.2 Å². The average molecular weight is 325 g/mol. The van der Waals surface area contributed by atoms with E-state index in [0.29, 0.717) is 6.04 Å². The third-order valence-corrected chi connectivity index (χ3v) is 4.36. The van der Waals surface area contributed by atoms with Gasteiger partial charge in [-0.15, -0.1) is 0 Å². The molecule has 19 heavy (non-hydrogen) atoms. The van der Waals surface area contributed by atoms with Crippen LogP contribution in [0.3, 0.4) is 0 Å². The molecule has 1 aliphatic rings. The topological polar surface area (TPSA) is 56.4 Å². The number of likely N-dealkylation sites (N-methyl/N-ethyl adjacent to an activating group) is 1. The Labute approximate surface area is 123 Å².